The molecule has 1 saturated carbocycles. The second kappa shape index (κ2) is 6.52. The van der Waals surface area contributed by atoms with E-state index in [4.69, 9.17) is 5.73 Å². The molecule has 0 radical (unpaired) electrons. The molecule has 1 saturated heterocycles. The summed E-state index contributed by atoms with van der Waals surface area (Å²) < 4.78 is 37.1. The highest BCUT2D eigenvalue weighted by Crippen LogP contribution is 2.37. The van der Waals surface area contributed by atoms with Gasteiger partial charge in [-0.15, -0.1) is 0 Å². The van der Waals surface area contributed by atoms with Crippen molar-refractivity contribution < 1.29 is 18.0 Å². The molecule has 2 fully saturated rings. The van der Waals surface area contributed by atoms with Crippen molar-refractivity contribution in [2.75, 3.05) is 39.3 Å². The fraction of sp³-hybridized carbons (Fsp3) is 0.929. The number of nitrogens with two attached hydrogens (primary N) is 1. The SMILES string of the molecule is NCC1(C(=O)N2CCN(CC(F)(F)F)CC2)CCCCC1. The van der Waals surface area contributed by atoms with Gasteiger partial charge in [0.2, 0.25) is 5.91 Å². The molecule has 2 N–H and O–H groups in total. The summed E-state index contributed by atoms with van der Waals surface area (Å²) in [4.78, 5) is 15.8. The van der Waals surface area contributed by atoms with Crippen molar-refractivity contribution in [1.82, 2.24) is 9.80 Å². The summed E-state index contributed by atoms with van der Waals surface area (Å²) in [6, 6.07) is 0. The third-order valence-electron chi connectivity index (χ3n) is 4.72. The van der Waals surface area contributed by atoms with Crippen LogP contribution < -0.4 is 5.73 Å². The largest absolute Gasteiger partial charge is 0.401 e. The summed E-state index contributed by atoms with van der Waals surface area (Å²) >= 11 is 0. The Balaban J connectivity index is 1.90. The molecule has 1 aliphatic heterocycles. The van der Waals surface area contributed by atoms with E-state index in [0.717, 1.165) is 32.1 Å². The smallest absolute Gasteiger partial charge is 0.340 e. The second-order valence-electron chi connectivity index (χ2n) is 6.23. The van der Waals surface area contributed by atoms with Crippen LogP contribution in [-0.2, 0) is 4.79 Å². The number of hydrogen-bond donors (Lipinski definition) is 1. The predicted molar refractivity (Wildman–Crippen MR) is 73.6 cm³/mol. The number of rotatable bonds is 3. The molecule has 7 heteroatoms. The molecule has 0 aromatic heterocycles. The summed E-state index contributed by atoms with van der Waals surface area (Å²) in [5, 5.41) is 0. The lowest BCUT2D eigenvalue weighted by Crippen LogP contribution is -2.56. The molecule has 1 amide bonds. The highest BCUT2D eigenvalue weighted by atomic mass is 19.4. The zero-order chi connectivity index (χ0) is 15.5. The fourth-order valence-corrected chi connectivity index (χ4v) is 3.43. The van der Waals surface area contributed by atoms with Crippen LogP contribution in [0.4, 0.5) is 13.2 Å². The van der Waals surface area contributed by atoms with Crippen LogP contribution in [0.2, 0.25) is 0 Å². The Hall–Kier alpha value is -0.820. The van der Waals surface area contributed by atoms with Gasteiger partial charge < -0.3 is 10.6 Å². The summed E-state index contributed by atoms with van der Waals surface area (Å²) in [5.74, 6) is 0.0522. The molecule has 0 bridgehead atoms. The molecule has 1 heterocycles. The summed E-state index contributed by atoms with van der Waals surface area (Å²) in [6.07, 6.45) is 0.604. The van der Waals surface area contributed by atoms with Crippen molar-refractivity contribution in [3.8, 4) is 0 Å². The van der Waals surface area contributed by atoms with Crippen molar-refractivity contribution in [1.29, 1.82) is 0 Å². The first-order valence-electron chi connectivity index (χ1n) is 7.65. The minimum Gasteiger partial charge on any atom is -0.340 e. The number of hydrogen-bond acceptors (Lipinski definition) is 3. The van der Waals surface area contributed by atoms with Crippen LogP contribution in [0.25, 0.3) is 0 Å². The average Bonchev–Trinajstić information content (AvgIpc) is 2.46. The van der Waals surface area contributed by atoms with Crippen molar-refractivity contribution in [3.63, 3.8) is 0 Å². The highest BCUT2D eigenvalue weighted by molar-refractivity contribution is 5.83. The van der Waals surface area contributed by atoms with Gasteiger partial charge in [0, 0.05) is 32.7 Å². The standard InChI is InChI=1S/C14H24F3N3O/c15-14(16,17)11-19-6-8-20(9-7-19)12(21)13(10-18)4-2-1-3-5-13/h1-11,18H2. The number of carbonyl (C=O) groups excluding carboxylic acids is 1. The first kappa shape index (κ1) is 16.5. The van der Waals surface area contributed by atoms with E-state index < -0.39 is 18.1 Å². The average molecular weight is 307 g/mol. The Morgan fingerprint density at radius 3 is 2.10 bits per heavy atom. The molecule has 0 atom stereocenters. The van der Waals surface area contributed by atoms with Crippen LogP contribution in [0.1, 0.15) is 32.1 Å². The normalized spacial score (nSPS) is 24.1. The van der Waals surface area contributed by atoms with Crippen LogP contribution in [0, 0.1) is 5.41 Å². The molecular formula is C14H24F3N3O. The second-order valence-corrected chi connectivity index (χ2v) is 6.23. The van der Waals surface area contributed by atoms with E-state index in [1.807, 2.05) is 0 Å². The molecule has 2 rings (SSSR count). The lowest BCUT2D eigenvalue weighted by molar-refractivity contribution is -0.155. The van der Waals surface area contributed by atoms with Gasteiger partial charge in [-0.05, 0) is 12.8 Å². The van der Waals surface area contributed by atoms with E-state index in [1.165, 1.54) is 4.90 Å². The van der Waals surface area contributed by atoms with E-state index in [9.17, 15) is 18.0 Å². The third kappa shape index (κ3) is 4.10. The molecule has 2 aliphatic rings. The summed E-state index contributed by atoms with van der Waals surface area (Å²) in [6.45, 7) is 0.761. The number of alkyl halides is 3. The third-order valence-corrected chi connectivity index (χ3v) is 4.72. The Morgan fingerprint density at radius 2 is 1.62 bits per heavy atom. The predicted octanol–water partition coefficient (Wildman–Crippen LogP) is 1.60. The molecule has 0 aromatic rings. The first-order chi connectivity index (χ1) is 9.86. The number of carbonyl (C=O) groups is 1. The number of piperazine rings is 1. The van der Waals surface area contributed by atoms with Crippen molar-refractivity contribution in [3.05, 3.63) is 0 Å². The Labute approximate surface area is 123 Å². The van der Waals surface area contributed by atoms with Gasteiger partial charge in [0.15, 0.2) is 0 Å². The molecule has 0 aromatic carbocycles. The number of nitrogens with zero attached hydrogens (tertiary/aromatic N) is 2. The molecule has 0 unspecified atom stereocenters. The maximum Gasteiger partial charge on any atom is 0.401 e. The topological polar surface area (TPSA) is 49.6 Å². The van der Waals surface area contributed by atoms with E-state index in [1.54, 1.807) is 4.90 Å². The Bertz CT molecular complexity index is 359. The van der Waals surface area contributed by atoms with Gasteiger partial charge in [0.05, 0.1) is 12.0 Å². The first-order valence-corrected chi connectivity index (χ1v) is 7.65. The number of amides is 1. The zero-order valence-electron chi connectivity index (χ0n) is 12.3. The highest BCUT2D eigenvalue weighted by Gasteiger charge is 2.42. The molecular weight excluding hydrogens is 283 g/mol. The maximum atomic E-state index is 12.7. The Kier molecular flexibility index (Phi) is 5.14. The summed E-state index contributed by atoms with van der Waals surface area (Å²) in [5.41, 5.74) is 5.38. The van der Waals surface area contributed by atoms with Gasteiger partial charge in [0.25, 0.3) is 0 Å². The van der Waals surface area contributed by atoms with Crippen LogP contribution in [0.15, 0.2) is 0 Å². The van der Waals surface area contributed by atoms with Gasteiger partial charge >= 0.3 is 6.18 Å². The quantitative estimate of drug-likeness (QED) is 0.861. The van der Waals surface area contributed by atoms with Gasteiger partial charge in [-0.25, -0.2) is 0 Å². The van der Waals surface area contributed by atoms with Crippen LogP contribution in [0.3, 0.4) is 0 Å². The monoisotopic (exact) mass is 307 g/mol. The van der Waals surface area contributed by atoms with Crippen LogP contribution in [-0.4, -0.2) is 61.2 Å². The van der Waals surface area contributed by atoms with E-state index in [-0.39, 0.29) is 19.0 Å². The maximum absolute atomic E-state index is 12.7. The fourth-order valence-electron chi connectivity index (χ4n) is 3.43. The lowest BCUT2D eigenvalue weighted by atomic mass is 9.73. The minimum atomic E-state index is -4.17. The van der Waals surface area contributed by atoms with Gasteiger partial charge in [0.1, 0.15) is 0 Å². The Morgan fingerprint density at radius 1 is 1.05 bits per heavy atom. The molecule has 21 heavy (non-hydrogen) atoms. The van der Waals surface area contributed by atoms with Gasteiger partial charge in [-0.2, -0.15) is 13.2 Å². The molecule has 122 valence electrons. The molecule has 1 aliphatic carbocycles. The van der Waals surface area contributed by atoms with Crippen molar-refractivity contribution in [2.24, 2.45) is 11.1 Å². The zero-order valence-corrected chi connectivity index (χ0v) is 12.3. The van der Waals surface area contributed by atoms with Crippen molar-refractivity contribution >= 4 is 5.91 Å². The molecule has 4 nitrogen and oxygen atoms in total. The van der Waals surface area contributed by atoms with Gasteiger partial charge in [-0.1, -0.05) is 19.3 Å². The number of halogens is 3. The van der Waals surface area contributed by atoms with Gasteiger partial charge in [-0.3, -0.25) is 9.69 Å². The lowest BCUT2D eigenvalue weighted by Gasteiger charge is -2.42. The van der Waals surface area contributed by atoms with Crippen molar-refractivity contribution in [2.45, 2.75) is 38.3 Å². The summed E-state index contributed by atoms with van der Waals surface area (Å²) in [7, 11) is 0. The van der Waals surface area contributed by atoms with E-state index >= 15 is 0 Å². The van der Waals surface area contributed by atoms with E-state index in [2.05, 4.69) is 0 Å². The van der Waals surface area contributed by atoms with Crippen LogP contribution in [0.5, 0.6) is 0 Å². The van der Waals surface area contributed by atoms with Crippen LogP contribution >= 0.6 is 0 Å². The van der Waals surface area contributed by atoms with E-state index in [0.29, 0.717) is 19.6 Å². The molecule has 0 spiro atoms. The minimum absolute atomic E-state index is 0.0522.